The van der Waals surface area contributed by atoms with E-state index in [-0.39, 0.29) is 34.1 Å². The van der Waals surface area contributed by atoms with Gasteiger partial charge in [0.2, 0.25) is 0 Å². The number of hydrogen-bond donors (Lipinski definition) is 0. The first-order valence-corrected chi connectivity index (χ1v) is 11.5. The Kier molecular flexibility index (Phi) is 12.4. The van der Waals surface area contributed by atoms with E-state index < -0.39 is 5.60 Å². The van der Waals surface area contributed by atoms with E-state index in [0.717, 1.165) is 28.5 Å². The summed E-state index contributed by atoms with van der Waals surface area (Å²) in [5.41, 5.74) is 0.562. The molecule has 3 heteroatoms. The first-order valence-electron chi connectivity index (χ1n) is 11.5. The average molecular weight is 550 g/mol. The van der Waals surface area contributed by atoms with Crippen LogP contribution in [0.3, 0.4) is 0 Å². The van der Waals surface area contributed by atoms with Gasteiger partial charge in [-0.3, -0.25) is 0 Å². The number of fused-ring (bicyclic) bond motifs is 3. The smallest absolute Gasteiger partial charge is 0.481 e. The maximum Gasteiger partial charge on any atom is 2.00 e. The molecule has 7 rings (SSSR count). The van der Waals surface area contributed by atoms with Gasteiger partial charge in [0.15, 0.2) is 0 Å². The van der Waals surface area contributed by atoms with Crippen molar-refractivity contribution in [3.8, 4) is 5.75 Å². The maximum absolute atomic E-state index is 6.73. The summed E-state index contributed by atoms with van der Waals surface area (Å²) in [7, 11) is 0. The molecule has 0 amide bonds. The number of hydrogen-bond acceptors (Lipinski definition) is 1. The van der Waals surface area contributed by atoms with E-state index >= 15 is 0 Å². The Bertz CT molecular complexity index is 891. The molecule has 0 N–H and O–H groups in total. The molecule has 36 heavy (non-hydrogen) atoms. The van der Waals surface area contributed by atoms with Crippen LogP contribution >= 0.6 is 0 Å². The third-order valence-electron chi connectivity index (χ3n) is 5.96. The van der Waals surface area contributed by atoms with Crippen molar-refractivity contribution in [3.05, 3.63) is 175 Å². The van der Waals surface area contributed by atoms with Gasteiger partial charge < -0.3 is 4.74 Å². The zero-order chi connectivity index (χ0) is 23.1. The van der Waals surface area contributed by atoms with Crippen LogP contribution in [0.15, 0.2) is 42.5 Å². The first kappa shape index (κ1) is 29.8. The molecule has 0 spiro atoms. The standard InChI is InChI=1S/C23H16O.2C5H5.2Fe/c1-6-12-21-17(7-1)13-14-18-15-16-23(24-22(18)21,19-8-2-3-9-19)20-10-4-5-11-20;2*1-2-4-5-3-1;;/h1-16H;2*1-5H;;/q;;;2*+2. The molecule has 1 nitrogen and oxygen atoms in total. The second-order valence-corrected chi connectivity index (χ2v) is 8.15. The summed E-state index contributed by atoms with van der Waals surface area (Å²) >= 11 is 0. The van der Waals surface area contributed by atoms with Gasteiger partial charge in [-0.15, -0.1) is 0 Å². The Morgan fingerprint density at radius 3 is 1.47 bits per heavy atom. The zero-order valence-electron chi connectivity index (χ0n) is 19.6. The zero-order valence-corrected chi connectivity index (χ0v) is 21.8. The second-order valence-electron chi connectivity index (χ2n) is 8.15. The Morgan fingerprint density at radius 2 is 0.972 bits per heavy atom. The fourth-order valence-corrected chi connectivity index (χ4v) is 4.27. The van der Waals surface area contributed by atoms with Gasteiger partial charge in [0.1, 0.15) is 11.4 Å². The third kappa shape index (κ3) is 7.02. The van der Waals surface area contributed by atoms with Crippen LogP contribution in [0.5, 0.6) is 5.75 Å². The second kappa shape index (κ2) is 15.0. The molecule has 1 aliphatic heterocycles. The summed E-state index contributed by atoms with van der Waals surface area (Å²) in [5, 5.41) is 2.35. The van der Waals surface area contributed by atoms with E-state index in [0.29, 0.717) is 0 Å². The normalized spacial score (nSPS) is 22.3. The van der Waals surface area contributed by atoms with Crippen LogP contribution in [-0.4, -0.2) is 5.60 Å². The largest absolute Gasteiger partial charge is 2.00 e. The van der Waals surface area contributed by atoms with Crippen LogP contribution in [-0.2, 0) is 34.1 Å². The van der Waals surface area contributed by atoms with Crippen molar-refractivity contribution in [2.45, 2.75) is 5.60 Å². The summed E-state index contributed by atoms with van der Waals surface area (Å²) in [5.74, 6) is 3.27. The SMILES string of the molecule is [CH]1[CH][CH][CH][CH]1.[CH]1[CH][CH][CH][CH]1.[CH]1[CH][CH][C](C2([C]3[CH][CH][CH][CH]3)C=Cc3ccc4ccccc4c3O2)[CH]1.[Fe+2].[Fe+2]. The third-order valence-corrected chi connectivity index (χ3v) is 5.96. The molecule has 2 aromatic rings. The molecular weight excluding hydrogens is 524 g/mol. The molecule has 0 bridgehead atoms. The number of ether oxygens (including phenoxy) is 1. The summed E-state index contributed by atoms with van der Waals surface area (Å²) < 4.78 is 6.73. The van der Waals surface area contributed by atoms with Crippen LogP contribution in [0.4, 0.5) is 0 Å². The fourth-order valence-electron chi connectivity index (χ4n) is 4.27. The van der Waals surface area contributed by atoms with Crippen molar-refractivity contribution in [2.24, 2.45) is 0 Å². The van der Waals surface area contributed by atoms with Crippen molar-refractivity contribution in [1.82, 2.24) is 0 Å². The molecule has 4 fully saturated rings. The summed E-state index contributed by atoms with van der Waals surface area (Å²) in [4.78, 5) is 0. The van der Waals surface area contributed by atoms with Crippen molar-refractivity contribution >= 4 is 16.8 Å². The summed E-state index contributed by atoms with van der Waals surface area (Å²) in [6.45, 7) is 0. The van der Waals surface area contributed by atoms with Gasteiger partial charge in [-0.1, -0.05) is 42.5 Å². The molecule has 0 unspecified atom stereocenters. The number of rotatable bonds is 2. The summed E-state index contributed by atoms with van der Waals surface area (Å²) in [6.07, 6.45) is 41.2. The van der Waals surface area contributed by atoms with Crippen molar-refractivity contribution in [2.75, 3.05) is 0 Å². The van der Waals surface area contributed by atoms with Gasteiger partial charge in [-0.2, -0.15) is 0 Å². The molecule has 4 aliphatic carbocycles. The molecule has 0 aromatic heterocycles. The quantitative estimate of drug-likeness (QED) is 0.373. The van der Waals surface area contributed by atoms with Gasteiger partial charge in [-0.25, -0.2) is 0 Å². The van der Waals surface area contributed by atoms with Gasteiger partial charge in [0, 0.05) is 22.8 Å². The minimum atomic E-state index is -0.565. The van der Waals surface area contributed by atoms with Crippen LogP contribution in [0.25, 0.3) is 16.8 Å². The van der Waals surface area contributed by atoms with Crippen molar-refractivity contribution in [3.63, 3.8) is 0 Å². The van der Waals surface area contributed by atoms with E-state index in [1.165, 1.54) is 5.39 Å². The van der Waals surface area contributed by atoms with E-state index in [1.54, 1.807) is 0 Å². The van der Waals surface area contributed by atoms with Gasteiger partial charge in [0.05, 0.1) is 0 Å². The fraction of sp³-hybridized carbons (Fsp3) is 0.0303. The van der Waals surface area contributed by atoms with Gasteiger partial charge in [0.25, 0.3) is 0 Å². The molecule has 4 saturated carbocycles. The predicted octanol–water partition coefficient (Wildman–Crippen LogP) is 6.83. The molecule has 0 saturated heterocycles. The molecule has 20 radical (unpaired) electrons. The van der Waals surface area contributed by atoms with Gasteiger partial charge in [-0.05, 0) is 127 Å². The minimum Gasteiger partial charge on any atom is -0.481 e. The monoisotopic (exact) mass is 550 g/mol. The van der Waals surface area contributed by atoms with E-state index in [1.807, 2.05) is 64.2 Å². The number of benzene rings is 2. The molecule has 5 aliphatic rings. The molecule has 176 valence electrons. The molecule has 1 heterocycles. The minimum absolute atomic E-state index is 0. The van der Waals surface area contributed by atoms with Crippen LogP contribution in [0.2, 0.25) is 0 Å². The Hall–Kier alpha value is -0.721. The Labute approximate surface area is 241 Å². The van der Waals surface area contributed by atoms with Crippen LogP contribution < -0.4 is 4.74 Å². The molecular formula is C33H26Fe2O+4. The predicted molar refractivity (Wildman–Crippen MR) is 140 cm³/mol. The first-order chi connectivity index (χ1) is 16.9. The molecule has 0 atom stereocenters. The van der Waals surface area contributed by atoms with E-state index in [2.05, 4.69) is 99.9 Å². The molecule has 2 aromatic carbocycles. The van der Waals surface area contributed by atoms with Gasteiger partial charge >= 0.3 is 34.1 Å². The van der Waals surface area contributed by atoms with Crippen LogP contribution in [0, 0.1) is 127 Å². The van der Waals surface area contributed by atoms with E-state index in [4.69, 9.17) is 4.74 Å². The summed E-state index contributed by atoms with van der Waals surface area (Å²) in [6, 6.07) is 12.7. The van der Waals surface area contributed by atoms with E-state index in [9.17, 15) is 0 Å². The Balaban J connectivity index is 0.000000252. The average Bonchev–Trinajstić information content (AvgIpc) is 3.71. The van der Waals surface area contributed by atoms with Crippen molar-refractivity contribution in [1.29, 1.82) is 0 Å². The maximum atomic E-state index is 6.73. The topological polar surface area (TPSA) is 9.23 Å². The van der Waals surface area contributed by atoms with Crippen LogP contribution in [0.1, 0.15) is 5.56 Å². The van der Waals surface area contributed by atoms with Crippen molar-refractivity contribution < 1.29 is 38.9 Å². The Morgan fingerprint density at radius 1 is 0.500 bits per heavy atom.